The van der Waals surface area contributed by atoms with Crippen molar-refractivity contribution in [2.45, 2.75) is 57.9 Å². The van der Waals surface area contributed by atoms with Gasteiger partial charge in [-0.15, -0.1) is 0 Å². The van der Waals surface area contributed by atoms with E-state index >= 15 is 0 Å². The van der Waals surface area contributed by atoms with Gasteiger partial charge in [-0.3, -0.25) is 0 Å². The number of hydrogen-bond donors (Lipinski definition) is 1. The predicted molar refractivity (Wildman–Crippen MR) is 83.7 cm³/mol. The van der Waals surface area contributed by atoms with E-state index in [0.717, 1.165) is 19.5 Å². The molecule has 1 aliphatic heterocycles. The average molecular weight is 260 g/mol. The van der Waals surface area contributed by atoms with E-state index in [4.69, 9.17) is 5.73 Å². The Labute approximate surface area is 118 Å². The molecule has 0 spiro atoms. The number of benzene rings is 1. The Kier molecular flexibility index (Phi) is 5.71. The molecule has 0 saturated heterocycles. The number of nitrogens with zero attached hydrogens (tertiary/aromatic N) is 1. The van der Waals surface area contributed by atoms with E-state index in [2.05, 4.69) is 36.1 Å². The van der Waals surface area contributed by atoms with Gasteiger partial charge in [0.15, 0.2) is 0 Å². The maximum atomic E-state index is 6.17. The summed E-state index contributed by atoms with van der Waals surface area (Å²) in [6, 6.07) is 9.04. The van der Waals surface area contributed by atoms with Gasteiger partial charge in [0, 0.05) is 24.8 Å². The van der Waals surface area contributed by atoms with Crippen molar-refractivity contribution < 1.29 is 0 Å². The quantitative estimate of drug-likeness (QED) is 0.757. The van der Waals surface area contributed by atoms with Crippen molar-refractivity contribution in [2.24, 2.45) is 5.73 Å². The van der Waals surface area contributed by atoms with Gasteiger partial charge in [-0.1, -0.05) is 57.2 Å². The zero-order valence-electron chi connectivity index (χ0n) is 12.3. The van der Waals surface area contributed by atoms with Crippen LogP contribution in [0.15, 0.2) is 24.3 Å². The van der Waals surface area contributed by atoms with Gasteiger partial charge in [0.2, 0.25) is 0 Å². The molecule has 2 nitrogen and oxygen atoms in total. The van der Waals surface area contributed by atoms with Crippen molar-refractivity contribution in [1.29, 1.82) is 0 Å². The monoisotopic (exact) mass is 260 g/mol. The summed E-state index contributed by atoms with van der Waals surface area (Å²) < 4.78 is 0. The summed E-state index contributed by atoms with van der Waals surface area (Å²) in [6.45, 7) is 4.45. The minimum atomic E-state index is 0.301. The number of anilines is 1. The SMILES string of the molecule is CCCCCCCCN1CC(N)Cc2ccccc21. The average Bonchev–Trinajstić information content (AvgIpc) is 2.42. The number of para-hydroxylation sites is 1. The van der Waals surface area contributed by atoms with Crippen LogP contribution >= 0.6 is 0 Å². The van der Waals surface area contributed by atoms with Crippen LogP contribution in [0, 0.1) is 0 Å². The first-order chi connectivity index (χ1) is 9.31. The molecule has 2 rings (SSSR count). The normalized spacial score (nSPS) is 18.4. The van der Waals surface area contributed by atoms with Crippen LogP contribution in [0.4, 0.5) is 5.69 Å². The second kappa shape index (κ2) is 7.54. The fourth-order valence-electron chi connectivity index (χ4n) is 3.02. The van der Waals surface area contributed by atoms with E-state index in [9.17, 15) is 0 Å². The lowest BCUT2D eigenvalue weighted by Gasteiger charge is -2.34. The maximum Gasteiger partial charge on any atom is 0.0399 e. The van der Waals surface area contributed by atoms with Crippen LogP contribution in [0.25, 0.3) is 0 Å². The van der Waals surface area contributed by atoms with Crippen LogP contribution in [0.3, 0.4) is 0 Å². The predicted octanol–water partition coefficient (Wildman–Crippen LogP) is 3.74. The van der Waals surface area contributed by atoms with Crippen molar-refractivity contribution in [1.82, 2.24) is 0 Å². The second-order valence-electron chi connectivity index (χ2n) is 5.81. The van der Waals surface area contributed by atoms with Gasteiger partial charge in [0.25, 0.3) is 0 Å². The minimum Gasteiger partial charge on any atom is -0.370 e. The van der Waals surface area contributed by atoms with Gasteiger partial charge in [0.05, 0.1) is 0 Å². The Hall–Kier alpha value is -1.02. The fraction of sp³-hybridized carbons (Fsp3) is 0.647. The number of fused-ring (bicyclic) bond motifs is 1. The molecule has 0 saturated carbocycles. The molecule has 0 aliphatic carbocycles. The lowest BCUT2D eigenvalue weighted by molar-refractivity contribution is 0.561. The molecule has 1 unspecified atom stereocenters. The van der Waals surface area contributed by atoms with E-state index in [0.29, 0.717) is 6.04 Å². The van der Waals surface area contributed by atoms with E-state index in [1.54, 1.807) is 0 Å². The smallest absolute Gasteiger partial charge is 0.0399 e. The molecule has 1 heterocycles. The minimum absolute atomic E-state index is 0.301. The molecule has 106 valence electrons. The molecule has 1 aliphatic rings. The summed E-state index contributed by atoms with van der Waals surface area (Å²) in [7, 11) is 0. The maximum absolute atomic E-state index is 6.17. The molecular weight excluding hydrogens is 232 g/mol. The first-order valence-electron chi connectivity index (χ1n) is 7.89. The van der Waals surface area contributed by atoms with Crippen molar-refractivity contribution in [3.63, 3.8) is 0 Å². The summed E-state index contributed by atoms with van der Waals surface area (Å²) >= 11 is 0. The zero-order valence-corrected chi connectivity index (χ0v) is 12.3. The molecule has 0 radical (unpaired) electrons. The van der Waals surface area contributed by atoms with Crippen LogP contribution in [0.5, 0.6) is 0 Å². The van der Waals surface area contributed by atoms with Crippen LogP contribution in [-0.4, -0.2) is 19.1 Å². The molecule has 0 fully saturated rings. The highest BCUT2D eigenvalue weighted by Crippen LogP contribution is 2.26. The molecule has 0 aromatic heterocycles. The first-order valence-corrected chi connectivity index (χ1v) is 7.89. The van der Waals surface area contributed by atoms with Crippen molar-refractivity contribution in [2.75, 3.05) is 18.0 Å². The van der Waals surface area contributed by atoms with Crippen LogP contribution in [0.2, 0.25) is 0 Å². The van der Waals surface area contributed by atoms with Gasteiger partial charge >= 0.3 is 0 Å². The molecule has 19 heavy (non-hydrogen) atoms. The fourth-order valence-corrected chi connectivity index (χ4v) is 3.02. The zero-order chi connectivity index (χ0) is 13.5. The summed E-state index contributed by atoms with van der Waals surface area (Å²) in [6.07, 6.45) is 9.18. The van der Waals surface area contributed by atoms with Gasteiger partial charge in [0.1, 0.15) is 0 Å². The molecule has 1 atom stereocenters. The lowest BCUT2D eigenvalue weighted by atomic mass is 9.98. The summed E-state index contributed by atoms with van der Waals surface area (Å²) in [5.41, 5.74) is 9.01. The number of rotatable bonds is 7. The molecule has 2 heteroatoms. The third-order valence-electron chi connectivity index (χ3n) is 4.05. The van der Waals surface area contributed by atoms with Gasteiger partial charge in [-0.05, 0) is 24.5 Å². The Morgan fingerprint density at radius 3 is 2.68 bits per heavy atom. The van der Waals surface area contributed by atoms with Crippen LogP contribution in [-0.2, 0) is 6.42 Å². The van der Waals surface area contributed by atoms with E-state index in [-0.39, 0.29) is 0 Å². The molecule has 0 bridgehead atoms. The summed E-state index contributed by atoms with van der Waals surface area (Å²) in [5, 5.41) is 0. The third kappa shape index (κ3) is 4.24. The molecule has 1 aromatic carbocycles. The van der Waals surface area contributed by atoms with E-state index < -0.39 is 0 Å². The van der Waals surface area contributed by atoms with Crippen molar-refractivity contribution >= 4 is 5.69 Å². The summed E-state index contributed by atoms with van der Waals surface area (Å²) in [5.74, 6) is 0. The molecule has 2 N–H and O–H groups in total. The van der Waals surface area contributed by atoms with E-state index in [1.807, 2.05) is 0 Å². The van der Waals surface area contributed by atoms with Crippen molar-refractivity contribution in [3.8, 4) is 0 Å². The Morgan fingerprint density at radius 2 is 1.84 bits per heavy atom. The number of nitrogens with two attached hydrogens (primary N) is 1. The highest BCUT2D eigenvalue weighted by molar-refractivity contribution is 5.56. The van der Waals surface area contributed by atoms with Gasteiger partial charge in [-0.2, -0.15) is 0 Å². The number of hydrogen-bond acceptors (Lipinski definition) is 2. The Balaban J connectivity index is 1.80. The number of unbranched alkanes of at least 4 members (excludes halogenated alkanes) is 5. The Morgan fingerprint density at radius 1 is 1.11 bits per heavy atom. The van der Waals surface area contributed by atoms with Crippen LogP contribution < -0.4 is 10.6 Å². The van der Waals surface area contributed by atoms with Crippen molar-refractivity contribution in [3.05, 3.63) is 29.8 Å². The summed E-state index contributed by atoms with van der Waals surface area (Å²) in [4.78, 5) is 2.49. The van der Waals surface area contributed by atoms with Gasteiger partial charge in [-0.25, -0.2) is 0 Å². The molecule has 1 aromatic rings. The largest absolute Gasteiger partial charge is 0.370 e. The topological polar surface area (TPSA) is 29.3 Å². The standard InChI is InChI=1S/C17H28N2/c1-2-3-4-5-6-9-12-19-14-16(18)13-15-10-7-8-11-17(15)19/h7-8,10-11,16H,2-6,9,12-14,18H2,1H3. The molecular formula is C17H28N2. The lowest BCUT2D eigenvalue weighted by Crippen LogP contribution is -2.43. The van der Waals surface area contributed by atoms with Gasteiger partial charge < -0.3 is 10.6 Å². The first kappa shape index (κ1) is 14.4. The highest BCUT2D eigenvalue weighted by Gasteiger charge is 2.20. The second-order valence-corrected chi connectivity index (χ2v) is 5.81. The Bertz CT molecular complexity index is 375. The third-order valence-corrected chi connectivity index (χ3v) is 4.05. The molecule has 0 amide bonds. The van der Waals surface area contributed by atoms with E-state index in [1.165, 1.54) is 49.8 Å². The van der Waals surface area contributed by atoms with Crippen LogP contribution in [0.1, 0.15) is 51.0 Å². The highest BCUT2D eigenvalue weighted by atomic mass is 15.1.